The molecule has 0 radical (unpaired) electrons. The molecular formula is C10H10BrClN2OS. The minimum Gasteiger partial charge on any atom is -0.392 e. The van der Waals surface area contributed by atoms with Gasteiger partial charge < -0.3 is 10.6 Å². The minimum absolute atomic E-state index is 0.156. The van der Waals surface area contributed by atoms with Crippen LogP contribution in [0.4, 0.5) is 0 Å². The maximum Gasteiger partial charge on any atom is 0.255 e. The molecule has 0 aliphatic rings. The highest BCUT2D eigenvalue weighted by Crippen LogP contribution is 2.22. The lowest BCUT2D eigenvalue weighted by Crippen LogP contribution is -2.34. The van der Waals surface area contributed by atoms with Gasteiger partial charge in [0, 0.05) is 16.5 Å². The zero-order valence-electron chi connectivity index (χ0n) is 8.54. The molecule has 0 bridgehead atoms. The Morgan fingerprint density at radius 3 is 2.75 bits per heavy atom. The molecule has 86 valence electrons. The second-order valence-electron chi connectivity index (χ2n) is 3.25. The van der Waals surface area contributed by atoms with Crippen LogP contribution in [-0.4, -0.2) is 29.4 Å². The van der Waals surface area contributed by atoms with Crippen LogP contribution in [0.3, 0.4) is 0 Å². The van der Waals surface area contributed by atoms with Crippen LogP contribution in [0.1, 0.15) is 10.4 Å². The first-order valence-corrected chi connectivity index (χ1v) is 5.98. The van der Waals surface area contributed by atoms with Crippen molar-refractivity contribution in [2.75, 3.05) is 13.6 Å². The second-order valence-corrected chi connectivity index (χ2v) is 5.07. The van der Waals surface area contributed by atoms with E-state index in [1.165, 1.54) is 4.90 Å². The van der Waals surface area contributed by atoms with Gasteiger partial charge >= 0.3 is 0 Å². The molecule has 0 aliphatic carbocycles. The highest BCUT2D eigenvalue weighted by Gasteiger charge is 2.15. The number of likely N-dealkylation sites (N-methyl/N-ethyl adjacent to an activating group) is 1. The smallest absolute Gasteiger partial charge is 0.255 e. The van der Waals surface area contributed by atoms with E-state index in [1.807, 2.05) is 0 Å². The Labute approximate surface area is 113 Å². The highest BCUT2D eigenvalue weighted by atomic mass is 79.9. The lowest BCUT2D eigenvalue weighted by atomic mass is 10.2. The standard InChI is InChI=1S/C10H10BrClN2OS/c1-14(5-9(13)16)10(15)7-3-2-6(12)4-8(7)11/h2-4H,5H2,1H3,(H2,13,16). The predicted octanol–water partition coefficient (Wildman–Crippen LogP) is 2.46. The van der Waals surface area contributed by atoms with E-state index >= 15 is 0 Å². The average Bonchev–Trinajstić information content (AvgIpc) is 2.15. The molecule has 1 aromatic rings. The van der Waals surface area contributed by atoms with Gasteiger partial charge in [0.2, 0.25) is 0 Å². The summed E-state index contributed by atoms with van der Waals surface area (Å²) in [4.78, 5) is 13.7. The van der Waals surface area contributed by atoms with Crippen molar-refractivity contribution in [2.45, 2.75) is 0 Å². The fraction of sp³-hybridized carbons (Fsp3) is 0.200. The summed E-state index contributed by atoms with van der Waals surface area (Å²) in [7, 11) is 1.64. The van der Waals surface area contributed by atoms with Gasteiger partial charge in [0.1, 0.15) is 0 Å². The molecule has 0 heterocycles. The number of nitrogens with zero attached hydrogens (tertiary/aromatic N) is 1. The summed E-state index contributed by atoms with van der Waals surface area (Å²) in [5.41, 5.74) is 5.91. The molecule has 0 saturated carbocycles. The molecular weight excluding hydrogens is 312 g/mol. The molecule has 0 unspecified atom stereocenters. The fourth-order valence-corrected chi connectivity index (χ4v) is 2.22. The van der Waals surface area contributed by atoms with Gasteiger partial charge in [0.25, 0.3) is 5.91 Å². The van der Waals surface area contributed by atoms with Gasteiger partial charge in [-0.1, -0.05) is 23.8 Å². The lowest BCUT2D eigenvalue weighted by Gasteiger charge is -2.17. The number of hydrogen-bond donors (Lipinski definition) is 1. The second kappa shape index (κ2) is 5.61. The summed E-state index contributed by atoms with van der Waals surface area (Å²) in [6.07, 6.45) is 0. The number of nitrogens with two attached hydrogens (primary N) is 1. The van der Waals surface area contributed by atoms with Crippen molar-refractivity contribution in [3.05, 3.63) is 33.3 Å². The third-order valence-electron chi connectivity index (χ3n) is 1.90. The summed E-state index contributed by atoms with van der Waals surface area (Å²) >= 11 is 13.8. The monoisotopic (exact) mass is 320 g/mol. The number of benzene rings is 1. The maximum atomic E-state index is 11.9. The minimum atomic E-state index is -0.156. The van der Waals surface area contributed by atoms with E-state index in [1.54, 1.807) is 25.2 Å². The molecule has 0 aliphatic heterocycles. The summed E-state index contributed by atoms with van der Waals surface area (Å²) in [6.45, 7) is 0.253. The van der Waals surface area contributed by atoms with Crippen molar-refractivity contribution in [2.24, 2.45) is 5.73 Å². The average molecular weight is 322 g/mol. The van der Waals surface area contributed by atoms with Crippen LogP contribution in [0.15, 0.2) is 22.7 Å². The quantitative estimate of drug-likeness (QED) is 0.870. The summed E-state index contributed by atoms with van der Waals surface area (Å²) in [5.74, 6) is -0.156. The molecule has 0 spiro atoms. The molecule has 6 heteroatoms. The van der Waals surface area contributed by atoms with Gasteiger partial charge in [0.15, 0.2) is 0 Å². The topological polar surface area (TPSA) is 46.3 Å². The Balaban J connectivity index is 2.92. The zero-order valence-corrected chi connectivity index (χ0v) is 11.7. The normalized spacial score (nSPS) is 9.94. The number of carbonyl (C=O) groups excluding carboxylic acids is 1. The van der Waals surface area contributed by atoms with Crippen molar-refractivity contribution in [3.8, 4) is 0 Å². The first-order valence-electron chi connectivity index (χ1n) is 4.40. The SMILES string of the molecule is CN(CC(N)=S)C(=O)c1ccc(Cl)cc1Br. The molecule has 1 rings (SSSR count). The van der Waals surface area contributed by atoms with Crippen LogP contribution in [0.25, 0.3) is 0 Å². The van der Waals surface area contributed by atoms with Crippen molar-refractivity contribution < 1.29 is 4.79 Å². The van der Waals surface area contributed by atoms with Gasteiger partial charge in [-0.05, 0) is 34.1 Å². The Bertz CT molecular complexity index is 439. The molecule has 1 amide bonds. The first-order chi connectivity index (χ1) is 7.41. The molecule has 3 nitrogen and oxygen atoms in total. The van der Waals surface area contributed by atoms with E-state index in [0.717, 1.165) is 0 Å². The number of carbonyl (C=O) groups is 1. The van der Waals surface area contributed by atoms with Crippen molar-refractivity contribution >= 4 is 50.6 Å². The van der Waals surface area contributed by atoms with E-state index in [0.29, 0.717) is 15.1 Å². The third kappa shape index (κ3) is 3.43. The van der Waals surface area contributed by atoms with E-state index in [9.17, 15) is 4.79 Å². The number of thiocarbonyl (C=S) groups is 1. The van der Waals surface area contributed by atoms with E-state index in [2.05, 4.69) is 15.9 Å². The first kappa shape index (κ1) is 13.4. The number of halogens is 2. The maximum absolute atomic E-state index is 11.9. The van der Waals surface area contributed by atoms with Crippen LogP contribution in [-0.2, 0) is 0 Å². The van der Waals surface area contributed by atoms with Crippen LogP contribution in [0.5, 0.6) is 0 Å². The molecule has 16 heavy (non-hydrogen) atoms. The van der Waals surface area contributed by atoms with E-state index in [4.69, 9.17) is 29.6 Å². The molecule has 0 fully saturated rings. The Morgan fingerprint density at radius 1 is 1.62 bits per heavy atom. The van der Waals surface area contributed by atoms with Gasteiger partial charge in [-0.3, -0.25) is 4.79 Å². The summed E-state index contributed by atoms with van der Waals surface area (Å²) in [6, 6.07) is 4.99. The van der Waals surface area contributed by atoms with Crippen molar-refractivity contribution in [1.82, 2.24) is 4.90 Å². The highest BCUT2D eigenvalue weighted by molar-refractivity contribution is 9.10. The van der Waals surface area contributed by atoms with Gasteiger partial charge in [-0.25, -0.2) is 0 Å². The zero-order chi connectivity index (χ0) is 12.3. The largest absolute Gasteiger partial charge is 0.392 e. The Kier molecular flexibility index (Phi) is 4.70. The van der Waals surface area contributed by atoms with E-state index in [-0.39, 0.29) is 17.4 Å². The van der Waals surface area contributed by atoms with Crippen molar-refractivity contribution in [3.63, 3.8) is 0 Å². The molecule has 2 N–H and O–H groups in total. The van der Waals surface area contributed by atoms with Crippen LogP contribution in [0.2, 0.25) is 5.02 Å². The molecule has 0 aromatic heterocycles. The third-order valence-corrected chi connectivity index (χ3v) is 2.92. The van der Waals surface area contributed by atoms with Crippen molar-refractivity contribution in [1.29, 1.82) is 0 Å². The van der Waals surface area contributed by atoms with Gasteiger partial charge in [0.05, 0.1) is 17.1 Å². The van der Waals surface area contributed by atoms with Gasteiger partial charge in [-0.15, -0.1) is 0 Å². The van der Waals surface area contributed by atoms with Crippen LogP contribution < -0.4 is 5.73 Å². The number of amides is 1. The molecule has 1 aromatic carbocycles. The Morgan fingerprint density at radius 2 is 2.25 bits per heavy atom. The number of hydrogen-bond acceptors (Lipinski definition) is 2. The fourth-order valence-electron chi connectivity index (χ4n) is 1.17. The summed E-state index contributed by atoms with van der Waals surface area (Å²) < 4.78 is 0.653. The summed E-state index contributed by atoms with van der Waals surface area (Å²) in [5, 5.41) is 0.570. The predicted molar refractivity (Wildman–Crippen MR) is 72.9 cm³/mol. The molecule has 0 saturated heterocycles. The Hall–Kier alpha value is -0.650. The van der Waals surface area contributed by atoms with Gasteiger partial charge in [-0.2, -0.15) is 0 Å². The van der Waals surface area contributed by atoms with Crippen LogP contribution in [0, 0.1) is 0 Å². The molecule has 0 atom stereocenters. The number of rotatable bonds is 3. The lowest BCUT2D eigenvalue weighted by molar-refractivity contribution is 0.0814. The van der Waals surface area contributed by atoms with Crippen LogP contribution >= 0.6 is 39.7 Å². The van der Waals surface area contributed by atoms with E-state index < -0.39 is 0 Å².